The predicted octanol–water partition coefficient (Wildman–Crippen LogP) is 4.45. The van der Waals surface area contributed by atoms with Gasteiger partial charge in [0.2, 0.25) is 0 Å². The quantitative estimate of drug-likeness (QED) is 0.813. The maximum Gasteiger partial charge on any atom is 0.123 e. The molecule has 1 aliphatic carbocycles. The Morgan fingerprint density at radius 3 is 2.44 bits per heavy atom. The minimum absolute atomic E-state index is 0.142. The van der Waals surface area contributed by atoms with Crippen LogP contribution in [0.2, 0.25) is 0 Å². The van der Waals surface area contributed by atoms with Gasteiger partial charge in [-0.25, -0.2) is 4.39 Å². The number of benzene rings is 1. The average Bonchev–Trinajstić information content (AvgIpc) is 2.42. The molecule has 2 rings (SSSR count). The van der Waals surface area contributed by atoms with Crippen LogP contribution in [0.1, 0.15) is 57.1 Å². The van der Waals surface area contributed by atoms with Crippen LogP contribution >= 0.6 is 0 Å². The summed E-state index contributed by atoms with van der Waals surface area (Å²) >= 11 is 0. The molecule has 1 saturated carbocycles. The molecule has 0 radical (unpaired) electrons. The minimum Gasteiger partial charge on any atom is -0.310 e. The number of nitrogens with one attached hydrogen (secondary N) is 1. The molecule has 0 aromatic heterocycles. The fraction of sp³-hybridized carbons (Fsp3) is 0.625. The van der Waals surface area contributed by atoms with Crippen LogP contribution in [-0.2, 0) is 0 Å². The average molecular weight is 249 g/mol. The second kappa shape index (κ2) is 6.89. The first kappa shape index (κ1) is 13.5. The molecule has 0 saturated heterocycles. The Hall–Kier alpha value is -0.890. The number of rotatable bonds is 5. The van der Waals surface area contributed by atoms with Crippen LogP contribution in [-0.4, -0.2) is 6.54 Å². The van der Waals surface area contributed by atoms with E-state index in [4.69, 9.17) is 0 Å². The maximum atomic E-state index is 13.0. The third-order valence-corrected chi connectivity index (χ3v) is 3.96. The molecule has 0 spiro atoms. The van der Waals surface area contributed by atoms with E-state index in [1.54, 1.807) is 12.1 Å². The Bertz CT molecular complexity index is 341. The van der Waals surface area contributed by atoms with Crippen molar-refractivity contribution in [2.24, 2.45) is 5.92 Å². The van der Waals surface area contributed by atoms with Gasteiger partial charge in [0, 0.05) is 6.04 Å². The number of hydrogen-bond donors (Lipinski definition) is 1. The standard InChI is InChI=1S/C16H24FN/c1-2-12-18-16(13-6-4-3-5-7-13)14-8-10-15(17)11-9-14/h8-11,13,16,18H,2-7,12H2,1H3. The van der Waals surface area contributed by atoms with E-state index < -0.39 is 0 Å². The minimum atomic E-state index is -0.142. The van der Waals surface area contributed by atoms with Crippen LogP contribution in [0.5, 0.6) is 0 Å². The molecular formula is C16H24FN. The van der Waals surface area contributed by atoms with Crippen molar-refractivity contribution in [3.8, 4) is 0 Å². The first-order chi connectivity index (χ1) is 8.81. The lowest BCUT2D eigenvalue weighted by Crippen LogP contribution is -2.30. The highest BCUT2D eigenvalue weighted by Crippen LogP contribution is 2.34. The molecule has 1 aromatic rings. The van der Waals surface area contributed by atoms with Crippen molar-refractivity contribution < 1.29 is 4.39 Å². The van der Waals surface area contributed by atoms with Crippen molar-refractivity contribution in [1.29, 1.82) is 0 Å². The molecule has 1 aromatic carbocycles. The molecule has 0 heterocycles. The van der Waals surface area contributed by atoms with Gasteiger partial charge in [0.25, 0.3) is 0 Å². The first-order valence-corrected chi connectivity index (χ1v) is 7.30. The molecule has 1 N–H and O–H groups in total. The SMILES string of the molecule is CCCNC(c1ccc(F)cc1)C1CCCCC1. The summed E-state index contributed by atoms with van der Waals surface area (Å²) in [6, 6.07) is 7.46. The molecular weight excluding hydrogens is 225 g/mol. The Morgan fingerprint density at radius 2 is 1.83 bits per heavy atom. The largest absolute Gasteiger partial charge is 0.310 e. The van der Waals surface area contributed by atoms with Gasteiger partial charge in [0.1, 0.15) is 5.82 Å². The van der Waals surface area contributed by atoms with Crippen LogP contribution in [0.25, 0.3) is 0 Å². The number of hydrogen-bond acceptors (Lipinski definition) is 1. The topological polar surface area (TPSA) is 12.0 Å². The Balaban J connectivity index is 2.10. The van der Waals surface area contributed by atoms with E-state index in [0.29, 0.717) is 6.04 Å². The lowest BCUT2D eigenvalue weighted by atomic mass is 9.81. The van der Waals surface area contributed by atoms with Gasteiger partial charge < -0.3 is 5.32 Å². The molecule has 2 heteroatoms. The van der Waals surface area contributed by atoms with Gasteiger partial charge in [-0.15, -0.1) is 0 Å². The first-order valence-electron chi connectivity index (χ1n) is 7.30. The van der Waals surface area contributed by atoms with Gasteiger partial charge in [-0.2, -0.15) is 0 Å². The monoisotopic (exact) mass is 249 g/mol. The summed E-state index contributed by atoms with van der Waals surface area (Å²) in [7, 11) is 0. The van der Waals surface area contributed by atoms with Gasteiger partial charge in [0.15, 0.2) is 0 Å². The second-order valence-electron chi connectivity index (χ2n) is 5.38. The lowest BCUT2D eigenvalue weighted by molar-refractivity contribution is 0.272. The normalized spacial score (nSPS) is 18.8. The second-order valence-corrected chi connectivity index (χ2v) is 5.38. The van der Waals surface area contributed by atoms with Crippen LogP contribution in [0.4, 0.5) is 4.39 Å². The molecule has 100 valence electrons. The molecule has 1 fully saturated rings. The molecule has 0 aliphatic heterocycles. The third-order valence-electron chi connectivity index (χ3n) is 3.96. The van der Waals surface area contributed by atoms with Gasteiger partial charge in [-0.05, 0) is 49.4 Å². The van der Waals surface area contributed by atoms with Crippen molar-refractivity contribution >= 4 is 0 Å². The smallest absolute Gasteiger partial charge is 0.123 e. The highest BCUT2D eigenvalue weighted by molar-refractivity contribution is 5.20. The summed E-state index contributed by atoms with van der Waals surface area (Å²) in [6.45, 7) is 3.23. The molecule has 0 bridgehead atoms. The fourth-order valence-electron chi connectivity index (χ4n) is 2.99. The van der Waals surface area contributed by atoms with Gasteiger partial charge in [-0.3, -0.25) is 0 Å². The van der Waals surface area contributed by atoms with Crippen LogP contribution in [0, 0.1) is 11.7 Å². The van der Waals surface area contributed by atoms with Crippen molar-refractivity contribution in [3.63, 3.8) is 0 Å². The predicted molar refractivity (Wildman–Crippen MR) is 74.0 cm³/mol. The Kier molecular flexibility index (Phi) is 5.18. The van der Waals surface area contributed by atoms with E-state index >= 15 is 0 Å². The zero-order valence-corrected chi connectivity index (χ0v) is 11.3. The summed E-state index contributed by atoms with van der Waals surface area (Å²) in [4.78, 5) is 0. The van der Waals surface area contributed by atoms with E-state index in [0.717, 1.165) is 18.9 Å². The number of halogens is 1. The van der Waals surface area contributed by atoms with E-state index in [2.05, 4.69) is 12.2 Å². The lowest BCUT2D eigenvalue weighted by Gasteiger charge is -2.31. The molecule has 1 aliphatic rings. The zero-order chi connectivity index (χ0) is 12.8. The van der Waals surface area contributed by atoms with Crippen LogP contribution in [0.3, 0.4) is 0 Å². The van der Waals surface area contributed by atoms with Gasteiger partial charge >= 0.3 is 0 Å². The van der Waals surface area contributed by atoms with E-state index in [1.165, 1.54) is 37.7 Å². The van der Waals surface area contributed by atoms with E-state index in [9.17, 15) is 4.39 Å². The zero-order valence-electron chi connectivity index (χ0n) is 11.3. The summed E-state index contributed by atoms with van der Waals surface area (Å²) < 4.78 is 13.0. The molecule has 1 unspecified atom stereocenters. The molecule has 18 heavy (non-hydrogen) atoms. The van der Waals surface area contributed by atoms with Crippen molar-refractivity contribution in [2.45, 2.75) is 51.5 Å². The van der Waals surface area contributed by atoms with Crippen LogP contribution < -0.4 is 5.32 Å². The highest BCUT2D eigenvalue weighted by Gasteiger charge is 2.24. The van der Waals surface area contributed by atoms with E-state index in [1.807, 2.05) is 12.1 Å². The Morgan fingerprint density at radius 1 is 1.17 bits per heavy atom. The highest BCUT2D eigenvalue weighted by atomic mass is 19.1. The molecule has 1 nitrogen and oxygen atoms in total. The van der Waals surface area contributed by atoms with Crippen molar-refractivity contribution in [2.75, 3.05) is 6.54 Å². The summed E-state index contributed by atoms with van der Waals surface area (Å²) in [5.74, 6) is 0.576. The molecule has 0 amide bonds. The third kappa shape index (κ3) is 3.55. The van der Waals surface area contributed by atoms with Crippen LogP contribution in [0.15, 0.2) is 24.3 Å². The van der Waals surface area contributed by atoms with E-state index in [-0.39, 0.29) is 5.82 Å². The van der Waals surface area contributed by atoms with Gasteiger partial charge in [-0.1, -0.05) is 38.3 Å². The summed E-state index contributed by atoms with van der Waals surface area (Å²) in [6.07, 6.45) is 7.81. The fourth-order valence-corrected chi connectivity index (χ4v) is 2.99. The Labute approximate surface area is 110 Å². The van der Waals surface area contributed by atoms with Crippen molar-refractivity contribution in [1.82, 2.24) is 5.32 Å². The van der Waals surface area contributed by atoms with Crippen molar-refractivity contribution in [3.05, 3.63) is 35.6 Å². The maximum absolute atomic E-state index is 13.0. The van der Waals surface area contributed by atoms with Gasteiger partial charge in [0.05, 0.1) is 0 Å². The summed E-state index contributed by atoms with van der Waals surface area (Å²) in [5, 5.41) is 3.65. The molecule has 1 atom stereocenters. The summed E-state index contributed by atoms with van der Waals surface area (Å²) in [5.41, 5.74) is 1.25.